The summed E-state index contributed by atoms with van der Waals surface area (Å²) in [7, 11) is 0. The van der Waals surface area contributed by atoms with Gasteiger partial charge in [0.2, 0.25) is 0 Å². The van der Waals surface area contributed by atoms with Gasteiger partial charge in [-0.2, -0.15) is 0 Å². The molecule has 0 radical (unpaired) electrons. The molecular formula is C12H12O. The molecule has 13 heavy (non-hydrogen) atoms. The van der Waals surface area contributed by atoms with Gasteiger partial charge in [0, 0.05) is 5.92 Å². The Bertz CT molecular complexity index is 325. The maximum Gasteiger partial charge on any atom is 0.123 e. The number of rotatable bonds is 1. The summed E-state index contributed by atoms with van der Waals surface area (Å²) in [4.78, 5) is 10.7. The first-order valence-corrected chi connectivity index (χ1v) is 4.92. The Kier molecular flexibility index (Phi) is 1.37. The second-order valence-electron chi connectivity index (χ2n) is 4.22. The average Bonchev–Trinajstić information content (AvgIpc) is 2.86. The van der Waals surface area contributed by atoms with E-state index in [-0.39, 0.29) is 0 Å². The maximum atomic E-state index is 10.7. The number of fused-ring (bicyclic) bond motifs is 2. The lowest BCUT2D eigenvalue weighted by atomic mass is 9.92. The number of carbonyl (C=O) groups is 1. The van der Waals surface area contributed by atoms with Gasteiger partial charge in [-0.1, -0.05) is 24.3 Å². The predicted octanol–water partition coefficient (Wildman–Crippen LogP) is 1.85. The lowest BCUT2D eigenvalue weighted by molar-refractivity contribution is -0.109. The zero-order chi connectivity index (χ0) is 8.84. The highest BCUT2D eigenvalue weighted by molar-refractivity contribution is 5.61. The molecule has 66 valence electrons. The molecule has 1 aromatic rings. The van der Waals surface area contributed by atoms with Gasteiger partial charge in [0.1, 0.15) is 6.29 Å². The minimum atomic E-state index is 0.368. The molecular weight excluding hydrogens is 160 g/mol. The fraction of sp³-hybridized carbons (Fsp3) is 0.417. The van der Waals surface area contributed by atoms with Crippen molar-refractivity contribution in [2.75, 3.05) is 0 Å². The van der Waals surface area contributed by atoms with Gasteiger partial charge in [0.05, 0.1) is 0 Å². The summed E-state index contributed by atoms with van der Waals surface area (Å²) in [6.07, 6.45) is 3.41. The van der Waals surface area contributed by atoms with Gasteiger partial charge in [-0.15, -0.1) is 0 Å². The van der Waals surface area contributed by atoms with Crippen molar-refractivity contribution < 1.29 is 4.79 Å². The second kappa shape index (κ2) is 2.44. The highest BCUT2D eigenvalue weighted by Crippen LogP contribution is 2.52. The first-order valence-electron chi connectivity index (χ1n) is 4.92. The molecule has 0 aliphatic heterocycles. The van der Waals surface area contributed by atoms with Crippen molar-refractivity contribution in [3.8, 4) is 0 Å². The largest absolute Gasteiger partial charge is 0.303 e. The molecule has 2 aliphatic carbocycles. The van der Waals surface area contributed by atoms with Crippen molar-refractivity contribution in [3.63, 3.8) is 0 Å². The summed E-state index contributed by atoms with van der Waals surface area (Å²) >= 11 is 0. The smallest absolute Gasteiger partial charge is 0.123 e. The van der Waals surface area contributed by atoms with Gasteiger partial charge < -0.3 is 4.79 Å². The minimum absolute atomic E-state index is 0.368. The lowest BCUT2D eigenvalue weighted by Gasteiger charge is -2.13. The molecule has 0 saturated heterocycles. The highest BCUT2D eigenvalue weighted by atomic mass is 16.1. The Hall–Kier alpha value is -1.11. The molecule has 0 spiro atoms. The SMILES string of the molecule is O=CC1[C@H]2Cc3ccccc3C[C@@H]12. The van der Waals surface area contributed by atoms with Crippen LogP contribution >= 0.6 is 0 Å². The zero-order valence-corrected chi connectivity index (χ0v) is 7.44. The molecule has 0 N–H and O–H groups in total. The number of carbonyl (C=O) groups excluding carboxylic acids is 1. The van der Waals surface area contributed by atoms with Crippen LogP contribution < -0.4 is 0 Å². The summed E-state index contributed by atoms with van der Waals surface area (Å²) in [5, 5.41) is 0. The van der Waals surface area contributed by atoms with Crippen LogP contribution in [-0.2, 0) is 17.6 Å². The van der Waals surface area contributed by atoms with Crippen molar-refractivity contribution >= 4 is 6.29 Å². The molecule has 1 heteroatoms. The summed E-state index contributed by atoms with van der Waals surface area (Å²) in [6, 6.07) is 8.59. The lowest BCUT2D eigenvalue weighted by Crippen LogP contribution is -2.04. The van der Waals surface area contributed by atoms with Crippen LogP contribution in [0.4, 0.5) is 0 Å². The molecule has 0 amide bonds. The van der Waals surface area contributed by atoms with E-state index in [1.54, 1.807) is 0 Å². The predicted molar refractivity (Wildman–Crippen MR) is 50.4 cm³/mol. The van der Waals surface area contributed by atoms with Crippen LogP contribution in [0.3, 0.4) is 0 Å². The number of benzene rings is 1. The van der Waals surface area contributed by atoms with Crippen molar-refractivity contribution in [2.24, 2.45) is 17.8 Å². The fourth-order valence-electron chi connectivity index (χ4n) is 2.72. The third kappa shape index (κ3) is 0.963. The third-order valence-corrected chi connectivity index (χ3v) is 3.58. The van der Waals surface area contributed by atoms with E-state index >= 15 is 0 Å². The normalized spacial score (nSPS) is 34.6. The van der Waals surface area contributed by atoms with E-state index in [0.29, 0.717) is 17.8 Å². The summed E-state index contributed by atoms with van der Waals surface area (Å²) < 4.78 is 0. The molecule has 0 heterocycles. The first kappa shape index (κ1) is 7.31. The first-order chi connectivity index (χ1) is 6.40. The standard InChI is InChI=1S/C12H12O/c13-7-12-10-5-8-3-1-2-4-9(8)6-11(10)12/h1-4,7,10-12H,5-6H2/t10-,11+,12?. The van der Waals surface area contributed by atoms with Crippen LogP contribution in [0.5, 0.6) is 0 Å². The number of hydrogen-bond donors (Lipinski definition) is 0. The third-order valence-electron chi connectivity index (χ3n) is 3.58. The van der Waals surface area contributed by atoms with E-state index in [0.717, 1.165) is 19.1 Å². The Labute approximate surface area is 77.8 Å². The van der Waals surface area contributed by atoms with Crippen LogP contribution in [0.15, 0.2) is 24.3 Å². The summed E-state index contributed by atoms with van der Waals surface area (Å²) in [6.45, 7) is 0. The van der Waals surface area contributed by atoms with E-state index in [1.807, 2.05) is 0 Å². The Balaban J connectivity index is 1.94. The molecule has 2 aliphatic rings. The molecule has 0 aromatic heterocycles. The molecule has 3 rings (SSSR count). The van der Waals surface area contributed by atoms with Gasteiger partial charge in [-0.3, -0.25) is 0 Å². The van der Waals surface area contributed by atoms with E-state index < -0.39 is 0 Å². The second-order valence-corrected chi connectivity index (χ2v) is 4.22. The molecule has 1 aromatic carbocycles. The molecule has 1 unspecified atom stereocenters. The quantitative estimate of drug-likeness (QED) is 0.591. The van der Waals surface area contributed by atoms with E-state index in [4.69, 9.17) is 0 Å². The summed E-state index contributed by atoms with van der Waals surface area (Å²) in [5.74, 6) is 1.72. The van der Waals surface area contributed by atoms with Crippen LogP contribution in [0.2, 0.25) is 0 Å². The van der Waals surface area contributed by atoms with E-state index in [1.165, 1.54) is 11.1 Å². The van der Waals surface area contributed by atoms with E-state index in [9.17, 15) is 4.79 Å². The molecule has 3 atom stereocenters. The number of aldehydes is 1. The van der Waals surface area contributed by atoms with Crippen LogP contribution in [-0.4, -0.2) is 6.29 Å². The molecule has 1 fully saturated rings. The van der Waals surface area contributed by atoms with Gasteiger partial charge in [-0.05, 0) is 35.8 Å². The van der Waals surface area contributed by atoms with Crippen molar-refractivity contribution in [1.82, 2.24) is 0 Å². The zero-order valence-electron chi connectivity index (χ0n) is 7.44. The average molecular weight is 172 g/mol. The maximum absolute atomic E-state index is 10.7. The van der Waals surface area contributed by atoms with Crippen molar-refractivity contribution in [3.05, 3.63) is 35.4 Å². The van der Waals surface area contributed by atoms with Gasteiger partial charge in [0.15, 0.2) is 0 Å². The Morgan fingerprint density at radius 3 is 2.08 bits per heavy atom. The highest BCUT2D eigenvalue weighted by Gasteiger charge is 2.51. The minimum Gasteiger partial charge on any atom is -0.303 e. The van der Waals surface area contributed by atoms with Gasteiger partial charge >= 0.3 is 0 Å². The fourth-order valence-corrected chi connectivity index (χ4v) is 2.72. The van der Waals surface area contributed by atoms with Gasteiger partial charge in [-0.25, -0.2) is 0 Å². The topological polar surface area (TPSA) is 17.1 Å². The Morgan fingerprint density at radius 1 is 1.08 bits per heavy atom. The van der Waals surface area contributed by atoms with Crippen LogP contribution in [0.1, 0.15) is 11.1 Å². The molecule has 0 bridgehead atoms. The van der Waals surface area contributed by atoms with Crippen LogP contribution in [0, 0.1) is 17.8 Å². The van der Waals surface area contributed by atoms with Crippen LogP contribution in [0.25, 0.3) is 0 Å². The number of hydrogen-bond acceptors (Lipinski definition) is 1. The van der Waals surface area contributed by atoms with Gasteiger partial charge in [0.25, 0.3) is 0 Å². The van der Waals surface area contributed by atoms with Crippen molar-refractivity contribution in [1.29, 1.82) is 0 Å². The van der Waals surface area contributed by atoms with E-state index in [2.05, 4.69) is 24.3 Å². The van der Waals surface area contributed by atoms with Crippen molar-refractivity contribution in [2.45, 2.75) is 12.8 Å². The molecule has 1 saturated carbocycles. The monoisotopic (exact) mass is 172 g/mol. The molecule has 1 nitrogen and oxygen atoms in total. The summed E-state index contributed by atoms with van der Waals surface area (Å²) in [5.41, 5.74) is 2.93. The Morgan fingerprint density at radius 2 is 1.62 bits per heavy atom.